The summed E-state index contributed by atoms with van der Waals surface area (Å²) in [6.45, 7) is 0.497. The zero-order valence-corrected chi connectivity index (χ0v) is 10.6. The maximum Gasteiger partial charge on any atom is 0.186 e. The van der Waals surface area contributed by atoms with Crippen molar-refractivity contribution < 1.29 is 23.7 Å². The summed E-state index contributed by atoms with van der Waals surface area (Å²) in [5.74, 6) is 0. The number of benzene rings is 1. The molecular weight excluding hydrogens is 248 g/mol. The molecular formula is C14H16O5. The second kappa shape index (κ2) is 4.54. The second-order valence-electron chi connectivity index (χ2n) is 5.02. The van der Waals surface area contributed by atoms with Crippen LogP contribution < -0.4 is 0 Å². The van der Waals surface area contributed by atoms with E-state index in [1.165, 1.54) is 0 Å². The van der Waals surface area contributed by atoms with Gasteiger partial charge >= 0.3 is 0 Å². The molecule has 1 aromatic rings. The van der Waals surface area contributed by atoms with E-state index in [2.05, 4.69) is 0 Å². The molecule has 3 saturated heterocycles. The van der Waals surface area contributed by atoms with Gasteiger partial charge in [-0.1, -0.05) is 30.3 Å². The van der Waals surface area contributed by atoms with Gasteiger partial charge in [0.15, 0.2) is 12.6 Å². The van der Waals surface area contributed by atoms with E-state index in [1.807, 2.05) is 30.3 Å². The Morgan fingerprint density at radius 2 is 1.84 bits per heavy atom. The summed E-state index contributed by atoms with van der Waals surface area (Å²) in [6.07, 6.45) is -0.759. The molecule has 0 amide bonds. The van der Waals surface area contributed by atoms with Gasteiger partial charge in [-0.15, -0.1) is 0 Å². The van der Waals surface area contributed by atoms with Gasteiger partial charge in [0, 0.05) is 12.7 Å². The van der Waals surface area contributed by atoms with E-state index in [0.717, 1.165) is 5.56 Å². The van der Waals surface area contributed by atoms with Crippen LogP contribution in [0.1, 0.15) is 11.9 Å². The van der Waals surface area contributed by atoms with Gasteiger partial charge in [-0.3, -0.25) is 0 Å². The average Bonchev–Trinajstić information content (AvgIpc) is 3.27. The molecule has 0 bridgehead atoms. The summed E-state index contributed by atoms with van der Waals surface area (Å²) in [5, 5.41) is 0. The van der Waals surface area contributed by atoms with Gasteiger partial charge in [0.05, 0.1) is 6.61 Å². The van der Waals surface area contributed by atoms with Crippen LogP contribution in [0.2, 0.25) is 0 Å². The third-order valence-electron chi connectivity index (χ3n) is 3.83. The van der Waals surface area contributed by atoms with E-state index >= 15 is 0 Å². The van der Waals surface area contributed by atoms with Gasteiger partial charge in [-0.2, -0.15) is 0 Å². The first-order valence-corrected chi connectivity index (χ1v) is 6.52. The lowest BCUT2D eigenvalue weighted by molar-refractivity contribution is -0.304. The van der Waals surface area contributed by atoms with Gasteiger partial charge in [-0.05, 0) is 0 Å². The molecule has 3 fully saturated rings. The molecule has 3 aliphatic rings. The summed E-state index contributed by atoms with van der Waals surface area (Å²) in [4.78, 5) is 0. The zero-order valence-electron chi connectivity index (χ0n) is 10.6. The largest absolute Gasteiger partial charge is 0.361 e. The molecule has 3 aliphatic heterocycles. The van der Waals surface area contributed by atoms with Crippen LogP contribution in [0.4, 0.5) is 0 Å². The van der Waals surface area contributed by atoms with Gasteiger partial charge in [-0.25, -0.2) is 0 Å². The summed E-state index contributed by atoms with van der Waals surface area (Å²) < 4.78 is 28.4. The van der Waals surface area contributed by atoms with Crippen molar-refractivity contribution in [2.75, 3.05) is 13.7 Å². The van der Waals surface area contributed by atoms with Crippen LogP contribution in [-0.2, 0) is 23.7 Å². The fourth-order valence-corrected chi connectivity index (χ4v) is 2.80. The van der Waals surface area contributed by atoms with Crippen molar-refractivity contribution in [1.82, 2.24) is 0 Å². The van der Waals surface area contributed by atoms with Crippen molar-refractivity contribution in [3.8, 4) is 0 Å². The average molecular weight is 264 g/mol. The zero-order chi connectivity index (χ0) is 12.8. The Kier molecular flexibility index (Phi) is 2.82. The number of hydrogen-bond donors (Lipinski definition) is 0. The molecule has 0 aliphatic carbocycles. The SMILES string of the molecule is CO[C@@H]1O[C@H]2CO[C@@H](c3ccccc3)O[C@H]2[C@H]2O[C@@H]12. The Bertz CT molecular complexity index is 450. The predicted molar refractivity (Wildman–Crippen MR) is 64.3 cm³/mol. The van der Waals surface area contributed by atoms with Crippen LogP contribution in [0.25, 0.3) is 0 Å². The van der Waals surface area contributed by atoms with E-state index < -0.39 is 0 Å². The van der Waals surface area contributed by atoms with Crippen molar-refractivity contribution >= 4 is 0 Å². The first-order valence-electron chi connectivity index (χ1n) is 6.52. The fourth-order valence-electron chi connectivity index (χ4n) is 2.80. The van der Waals surface area contributed by atoms with Gasteiger partial charge in [0.2, 0.25) is 0 Å². The van der Waals surface area contributed by atoms with Gasteiger partial charge in [0.25, 0.3) is 0 Å². The van der Waals surface area contributed by atoms with E-state index in [4.69, 9.17) is 23.7 Å². The number of hydrogen-bond acceptors (Lipinski definition) is 5. The summed E-state index contributed by atoms with van der Waals surface area (Å²) in [7, 11) is 1.63. The van der Waals surface area contributed by atoms with Gasteiger partial charge in [0.1, 0.15) is 24.4 Å². The fraction of sp³-hybridized carbons (Fsp3) is 0.571. The monoisotopic (exact) mass is 264 g/mol. The maximum absolute atomic E-state index is 6.00. The molecule has 5 nitrogen and oxygen atoms in total. The molecule has 0 saturated carbocycles. The summed E-state index contributed by atoms with van der Waals surface area (Å²) in [5.41, 5.74) is 1.02. The number of methoxy groups -OCH3 is 1. The molecule has 0 unspecified atom stereocenters. The van der Waals surface area contributed by atoms with Gasteiger partial charge < -0.3 is 23.7 Å². The molecule has 0 spiro atoms. The molecule has 4 rings (SSSR count). The van der Waals surface area contributed by atoms with Crippen molar-refractivity contribution in [3.05, 3.63) is 35.9 Å². The molecule has 3 heterocycles. The van der Waals surface area contributed by atoms with Crippen LogP contribution in [-0.4, -0.2) is 44.4 Å². The molecule has 0 aromatic heterocycles. The van der Waals surface area contributed by atoms with E-state index in [0.29, 0.717) is 6.61 Å². The van der Waals surface area contributed by atoms with Crippen molar-refractivity contribution in [3.63, 3.8) is 0 Å². The Morgan fingerprint density at radius 3 is 2.63 bits per heavy atom. The summed E-state index contributed by atoms with van der Waals surface area (Å²) >= 11 is 0. The smallest absolute Gasteiger partial charge is 0.186 e. The number of ether oxygens (including phenoxy) is 5. The lowest BCUT2D eigenvalue weighted by Crippen LogP contribution is -2.52. The van der Waals surface area contributed by atoms with Crippen molar-refractivity contribution in [1.29, 1.82) is 0 Å². The van der Waals surface area contributed by atoms with E-state index in [9.17, 15) is 0 Å². The first kappa shape index (κ1) is 11.8. The molecule has 1 aromatic carbocycles. The lowest BCUT2D eigenvalue weighted by Gasteiger charge is -2.39. The lowest BCUT2D eigenvalue weighted by atomic mass is 10.0. The third kappa shape index (κ3) is 1.98. The Hall–Kier alpha value is -0.980. The maximum atomic E-state index is 6.00. The Balaban J connectivity index is 1.50. The standard InChI is InChI=1S/C14H16O5/c1-15-14-12-11(18-12)10-9(17-14)7-16-13(19-10)8-5-3-2-4-6-8/h2-6,9-14H,7H2,1H3/t9-,10+,11+,12+,13+,14+/m0/s1. The van der Waals surface area contributed by atoms with Crippen LogP contribution in [0.15, 0.2) is 30.3 Å². The van der Waals surface area contributed by atoms with Crippen molar-refractivity contribution in [2.24, 2.45) is 0 Å². The third-order valence-corrected chi connectivity index (χ3v) is 3.83. The highest BCUT2D eigenvalue weighted by molar-refractivity contribution is 5.17. The van der Waals surface area contributed by atoms with E-state index in [-0.39, 0.29) is 37.0 Å². The number of epoxide rings is 1. The molecule has 0 N–H and O–H groups in total. The molecule has 19 heavy (non-hydrogen) atoms. The minimum absolute atomic E-state index is 0.000716. The van der Waals surface area contributed by atoms with Crippen LogP contribution in [0.3, 0.4) is 0 Å². The highest BCUT2D eigenvalue weighted by Gasteiger charge is 2.60. The Morgan fingerprint density at radius 1 is 1.00 bits per heavy atom. The highest BCUT2D eigenvalue weighted by atomic mass is 16.8. The van der Waals surface area contributed by atoms with E-state index in [1.54, 1.807) is 7.11 Å². The normalized spacial score (nSPS) is 44.3. The van der Waals surface area contributed by atoms with Crippen molar-refractivity contribution in [2.45, 2.75) is 37.0 Å². The molecule has 6 atom stereocenters. The highest BCUT2D eigenvalue weighted by Crippen LogP contribution is 2.43. The molecule has 5 heteroatoms. The van der Waals surface area contributed by atoms with Crippen LogP contribution in [0.5, 0.6) is 0 Å². The first-order chi connectivity index (χ1) is 9.36. The summed E-state index contributed by atoms with van der Waals surface area (Å²) in [6, 6.07) is 9.92. The topological polar surface area (TPSA) is 49.5 Å². The van der Waals surface area contributed by atoms with Crippen LogP contribution >= 0.6 is 0 Å². The number of fused-ring (bicyclic) bond motifs is 3. The quantitative estimate of drug-likeness (QED) is 0.752. The predicted octanol–water partition coefficient (Wildman–Crippen LogP) is 1.24. The Labute approximate surface area is 111 Å². The van der Waals surface area contributed by atoms with Crippen LogP contribution in [0, 0.1) is 0 Å². The minimum Gasteiger partial charge on any atom is -0.361 e. The second-order valence-corrected chi connectivity index (χ2v) is 5.02. The number of rotatable bonds is 2. The minimum atomic E-state index is -0.338. The molecule has 102 valence electrons. The molecule has 0 radical (unpaired) electrons.